The van der Waals surface area contributed by atoms with Crippen LogP contribution in [0.5, 0.6) is 0 Å². The van der Waals surface area contributed by atoms with Crippen molar-refractivity contribution in [1.82, 2.24) is 9.97 Å². The molecule has 0 amide bonds. The molecule has 0 radical (unpaired) electrons. The Morgan fingerprint density at radius 3 is 2.88 bits per heavy atom. The molecule has 1 aromatic heterocycles. The third-order valence-electron chi connectivity index (χ3n) is 2.59. The lowest BCUT2D eigenvalue weighted by atomic mass is 10.1. The average Bonchev–Trinajstić information content (AvgIpc) is 2.31. The second-order valence-corrected chi connectivity index (χ2v) is 3.92. The highest BCUT2D eigenvalue weighted by molar-refractivity contribution is 6.40. The normalized spacial score (nSPS) is 11.1. The molecule has 78 valence electrons. The van der Waals surface area contributed by atoms with Gasteiger partial charge in [-0.2, -0.15) is 0 Å². The van der Waals surface area contributed by atoms with Gasteiger partial charge < -0.3 is 4.98 Å². The summed E-state index contributed by atoms with van der Waals surface area (Å²) in [6.07, 6.45) is 1.37. The van der Waals surface area contributed by atoms with Crippen LogP contribution in [0.4, 0.5) is 0 Å². The zero-order valence-electron chi connectivity index (χ0n) is 8.20. The summed E-state index contributed by atoms with van der Waals surface area (Å²) in [5.41, 5.74) is 0.377. The van der Waals surface area contributed by atoms with Gasteiger partial charge in [0.2, 0.25) is 0 Å². The predicted molar refractivity (Wildman–Crippen MR) is 64.9 cm³/mol. The predicted octanol–water partition coefficient (Wildman–Crippen LogP) is 2.73. The molecule has 16 heavy (non-hydrogen) atoms. The SMILES string of the molecule is O=c1[nH]cnc2c(Cl)c3ccccc3cc12. The van der Waals surface area contributed by atoms with E-state index in [1.54, 1.807) is 0 Å². The molecule has 0 spiro atoms. The second-order valence-electron chi connectivity index (χ2n) is 3.54. The number of H-pyrrole nitrogens is 1. The summed E-state index contributed by atoms with van der Waals surface area (Å²) in [5.74, 6) is 0. The monoisotopic (exact) mass is 230 g/mol. The van der Waals surface area contributed by atoms with E-state index in [9.17, 15) is 4.79 Å². The maximum atomic E-state index is 11.6. The number of aromatic amines is 1. The fourth-order valence-electron chi connectivity index (χ4n) is 1.82. The fourth-order valence-corrected chi connectivity index (χ4v) is 2.15. The lowest BCUT2D eigenvalue weighted by Gasteiger charge is -2.03. The van der Waals surface area contributed by atoms with Crippen LogP contribution >= 0.6 is 11.6 Å². The highest BCUT2D eigenvalue weighted by Crippen LogP contribution is 2.29. The lowest BCUT2D eigenvalue weighted by Crippen LogP contribution is -2.06. The highest BCUT2D eigenvalue weighted by Gasteiger charge is 2.08. The summed E-state index contributed by atoms with van der Waals surface area (Å²) in [5, 5.41) is 2.90. The molecule has 0 aliphatic rings. The topological polar surface area (TPSA) is 45.8 Å². The Balaban J connectivity index is 2.66. The molecular formula is C12H7ClN2O. The Hall–Kier alpha value is -1.87. The van der Waals surface area contributed by atoms with Gasteiger partial charge in [0.25, 0.3) is 5.56 Å². The van der Waals surface area contributed by atoms with Crippen LogP contribution in [-0.4, -0.2) is 9.97 Å². The van der Waals surface area contributed by atoms with Gasteiger partial charge >= 0.3 is 0 Å². The largest absolute Gasteiger partial charge is 0.313 e. The molecule has 0 unspecified atom stereocenters. The number of hydrogen-bond acceptors (Lipinski definition) is 2. The highest BCUT2D eigenvalue weighted by atomic mass is 35.5. The van der Waals surface area contributed by atoms with E-state index in [4.69, 9.17) is 11.6 Å². The van der Waals surface area contributed by atoms with Crippen molar-refractivity contribution in [3.8, 4) is 0 Å². The third-order valence-corrected chi connectivity index (χ3v) is 2.98. The van der Waals surface area contributed by atoms with Crippen LogP contribution in [0, 0.1) is 0 Å². The quantitative estimate of drug-likeness (QED) is 0.604. The molecule has 0 saturated carbocycles. The molecule has 3 nitrogen and oxygen atoms in total. The van der Waals surface area contributed by atoms with E-state index in [1.165, 1.54) is 6.33 Å². The molecule has 1 heterocycles. The molecule has 0 aliphatic carbocycles. The first-order valence-electron chi connectivity index (χ1n) is 4.82. The number of nitrogens with zero attached hydrogens (tertiary/aromatic N) is 1. The number of rotatable bonds is 0. The van der Waals surface area contributed by atoms with Crippen molar-refractivity contribution >= 4 is 33.3 Å². The zero-order valence-corrected chi connectivity index (χ0v) is 8.95. The molecule has 1 N–H and O–H groups in total. The minimum atomic E-state index is -0.169. The molecule has 3 aromatic rings. The van der Waals surface area contributed by atoms with Crippen LogP contribution in [0.25, 0.3) is 21.7 Å². The Labute approximate surface area is 95.7 Å². The first kappa shape index (κ1) is 9.36. The van der Waals surface area contributed by atoms with E-state index in [-0.39, 0.29) is 5.56 Å². The Bertz CT molecular complexity index is 749. The summed E-state index contributed by atoms with van der Waals surface area (Å²) in [6, 6.07) is 9.47. The van der Waals surface area contributed by atoms with E-state index >= 15 is 0 Å². The fraction of sp³-hybridized carbons (Fsp3) is 0. The van der Waals surface area contributed by atoms with Crippen LogP contribution in [-0.2, 0) is 0 Å². The number of halogens is 1. The Morgan fingerprint density at radius 2 is 2.00 bits per heavy atom. The third kappa shape index (κ3) is 1.22. The molecule has 0 aliphatic heterocycles. The first-order valence-corrected chi connectivity index (χ1v) is 5.20. The van der Waals surface area contributed by atoms with Gasteiger partial charge in [-0.05, 0) is 11.5 Å². The molecule has 3 rings (SSSR count). The maximum absolute atomic E-state index is 11.6. The van der Waals surface area contributed by atoms with Gasteiger partial charge in [0.15, 0.2) is 0 Å². The Kier molecular flexibility index (Phi) is 1.94. The van der Waals surface area contributed by atoms with E-state index in [0.29, 0.717) is 15.9 Å². The van der Waals surface area contributed by atoms with E-state index in [1.807, 2.05) is 30.3 Å². The van der Waals surface area contributed by atoms with Crippen molar-refractivity contribution in [2.75, 3.05) is 0 Å². The van der Waals surface area contributed by atoms with E-state index < -0.39 is 0 Å². The van der Waals surface area contributed by atoms with Gasteiger partial charge in [0.1, 0.15) is 0 Å². The van der Waals surface area contributed by atoms with Gasteiger partial charge in [-0.3, -0.25) is 4.79 Å². The minimum Gasteiger partial charge on any atom is -0.313 e. The molecule has 4 heteroatoms. The van der Waals surface area contributed by atoms with Crippen molar-refractivity contribution in [3.05, 3.63) is 52.0 Å². The first-order chi connectivity index (χ1) is 7.77. The summed E-state index contributed by atoms with van der Waals surface area (Å²) in [4.78, 5) is 18.3. The number of fused-ring (bicyclic) bond motifs is 2. The van der Waals surface area contributed by atoms with Crippen molar-refractivity contribution < 1.29 is 0 Å². The summed E-state index contributed by atoms with van der Waals surface area (Å²) >= 11 is 6.23. The van der Waals surface area contributed by atoms with Crippen LogP contribution in [0.15, 0.2) is 41.5 Å². The van der Waals surface area contributed by atoms with Crippen molar-refractivity contribution in [1.29, 1.82) is 0 Å². The number of aromatic nitrogens is 2. The summed E-state index contributed by atoms with van der Waals surface area (Å²) < 4.78 is 0. The molecular weight excluding hydrogens is 224 g/mol. The molecule has 0 bridgehead atoms. The summed E-state index contributed by atoms with van der Waals surface area (Å²) in [7, 11) is 0. The van der Waals surface area contributed by atoms with Gasteiger partial charge in [-0.15, -0.1) is 0 Å². The van der Waals surface area contributed by atoms with Gasteiger partial charge in [-0.1, -0.05) is 35.9 Å². The lowest BCUT2D eigenvalue weighted by molar-refractivity contribution is 1.17. The second kappa shape index (κ2) is 3.32. The Morgan fingerprint density at radius 1 is 1.19 bits per heavy atom. The number of hydrogen-bond donors (Lipinski definition) is 1. The smallest absolute Gasteiger partial charge is 0.258 e. The average molecular weight is 231 g/mol. The van der Waals surface area contributed by atoms with Crippen molar-refractivity contribution in [2.24, 2.45) is 0 Å². The summed E-state index contributed by atoms with van der Waals surface area (Å²) in [6.45, 7) is 0. The standard InChI is InChI=1S/C12H7ClN2O/c13-10-8-4-2-1-3-7(8)5-9-11(10)14-6-15-12(9)16/h1-6H,(H,14,15,16). The van der Waals surface area contributed by atoms with E-state index in [0.717, 1.165) is 10.8 Å². The maximum Gasteiger partial charge on any atom is 0.258 e. The minimum absolute atomic E-state index is 0.169. The molecule has 2 aromatic carbocycles. The number of benzene rings is 2. The van der Waals surface area contributed by atoms with Gasteiger partial charge in [0, 0.05) is 5.39 Å². The van der Waals surface area contributed by atoms with Crippen LogP contribution < -0.4 is 5.56 Å². The van der Waals surface area contributed by atoms with E-state index in [2.05, 4.69) is 9.97 Å². The van der Waals surface area contributed by atoms with Crippen molar-refractivity contribution in [2.45, 2.75) is 0 Å². The van der Waals surface area contributed by atoms with Crippen LogP contribution in [0.2, 0.25) is 5.02 Å². The van der Waals surface area contributed by atoms with Gasteiger partial charge in [0.05, 0.1) is 22.3 Å². The molecule has 0 fully saturated rings. The van der Waals surface area contributed by atoms with Gasteiger partial charge in [-0.25, -0.2) is 4.98 Å². The molecule has 0 atom stereocenters. The van der Waals surface area contributed by atoms with Crippen LogP contribution in [0.3, 0.4) is 0 Å². The van der Waals surface area contributed by atoms with Crippen LogP contribution in [0.1, 0.15) is 0 Å². The molecule has 0 saturated heterocycles. The number of nitrogens with one attached hydrogen (secondary N) is 1. The van der Waals surface area contributed by atoms with Crippen molar-refractivity contribution in [3.63, 3.8) is 0 Å². The zero-order chi connectivity index (χ0) is 11.1.